The fourth-order valence-corrected chi connectivity index (χ4v) is 4.07. The van der Waals surface area contributed by atoms with Crippen molar-refractivity contribution in [2.45, 2.75) is 43.7 Å². The van der Waals surface area contributed by atoms with Crippen molar-refractivity contribution >= 4 is 10.0 Å². The van der Waals surface area contributed by atoms with Crippen LogP contribution in [0.5, 0.6) is 5.75 Å². The number of β-amino-alcohol motifs (C(OH)–C–C–N with tert-alkyl or cyclic N) is 1. The summed E-state index contributed by atoms with van der Waals surface area (Å²) in [5, 5.41) is 23.2. The molecule has 1 heterocycles. The Kier molecular flexibility index (Phi) is 7.77. The molecule has 2 aromatic carbocycles. The third kappa shape index (κ3) is 6.86. The molecule has 184 valence electrons. The number of nitrogens with two attached hydrogens (primary N) is 1. The summed E-state index contributed by atoms with van der Waals surface area (Å²) in [5.74, 6) is -0.0131. The van der Waals surface area contributed by atoms with Crippen LogP contribution in [-0.2, 0) is 23.5 Å². The maximum Gasteiger partial charge on any atom is 0.238 e. The second-order valence-electron chi connectivity index (χ2n) is 9.08. The quantitative estimate of drug-likeness (QED) is 0.402. The Morgan fingerprint density at radius 2 is 1.97 bits per heavy atom. The van der Waals surface area contributed by atoms with Crippen LogP contribution < -0.4 is 15.2 Å². The van der Waals surface area contributed by atoms with Crippen LogP contribution in [-0.4, -0.2) is 48.1 Å². The predicted octanol–water partition coefficient (Wildman–Crippen LogP) is 2.53. The van der Waals surface area contributed by atoms with Gasteiger partial charge in [-0.05, 0) is 68.7 Å². The lowest BCUT2D eigenvalue weighted by atomic mass is 9.94. The summed E-state index contributed by atoms with van der Waals surface area (Å²) in [5.41, 5.74) is 2.41. The van der Waals surface area contributed by atoms with Crippen molar-refractivity contribution in [2.24, 2.45) is 12.2 Å². The molecule has 0 aliphatic rings. The van der Waals surface area contributed by atoms with Gasteiger partial charge in [-0.2, -0.15) is 5.10 Å². The second kappa shape index (κ2) is 10.2. The number of nitrogens with zero attached hydrogens (tertiary/aromatic N) is 2. The summed E-state index contributed by atoms with van der Waals surface area (Å²) in [6.45, 7) is 5.98. The molecule has 0 unspecified atom stereocenters. The maximum absolute atomic E-state index is 14.4. The molecule has 0 fully saturated rings. The predicted molar refractivity (Wildman–Crippen MR) is 128 cm³/mol. The lowest BCUT2D eigenvalue weighted by molar-refractivity contribution is 0.0990. The van der Waals surface area contributed by atoms with Crippen molar-refractivity contribution in [1.29, 1.82) is 0 Å². The van der Waals surface area contributed by atoms with E-state index in [-0.39, 0.29) is 24.5 Å². The molecule has 0 radical (unpaired) electrons. The van der Waals surface area contributed by atoms with E-state index in [4.69, 9.17) is 9.88 Å². The van der Waals surface area contributed by atoms with Gasteiger partial charge < -0.3 is 15.2 Å². The second-order valence-corrected chi connectivity index (χ2v) is 10.6. The van der Waals surface area contributed by atoms with Crippen molar-refractivity contribution in [3.63, 3.8) is 0 Å². The van der Waals surface area contributed by atoms with Crippen molar-refractivity contribution in [2.75, 3.05) is 13.2 Å². The van der Waals surface area contributed by atoms with Crippen LogP contribution in [0.2, 0.25) is 0 Å². The highest BCUT2D eigenvalue weighted by atomic mass is 32.2. The number of nitrogens with one attached hydrogen (secondary N) is 1. The molecule has 34 heavy (non-hydrogen) atoms. The van der Waals surface area contributed by atoms with Crippen LogP contribution in [0.15, 0.2) is 53.6 Å². The van der Waals surface area contributed by atoms with Crippen molar-refractivity contribution in [3.05, 3.63) is 65.6 Å². The van der Waals surface area contributed by atoms with Gasteiger partial charge in [0, 0.05) is 30.9 Å². The molecular weight excluding hydrogens is 459 g/mol. The van der Waals surface area contributed by atoms with Gasteiger partial charge in [-0.1, -0.05) is 12.1 Å². The zero-order chi connectivity index (χ0) is 25.1. The van der Waals surface area contributed by atoms with Gasteiger partial charge in [0.15, 0.2) is 0 Å². The minimum atomic E-state index is -3.97. The van der Waals surface area contributed by atoms with Crippen LogP contribution in [0, 0.1) is 12.7 Å². The Morgan fingerprint density at radius 1 is 1.24 bits per heavy atom. The van der Waals surface area contributed by atoms with E-state index in [9.17, 15) is 17.9 Å². The number of halogens is 1. The van der Waals surface area contributed by atoms with Crippen molar-refractivity contribution < 1.29 is 22.7 Å². The normalized spacial score (nSPS) is 13.1. The molecule has 0 bridgehead atoms. The van der Waals surface area contributed by atoms with Gasteiger partial charge in [-0.25, -0.2) is 17.9 Å². The summed E-state index contributed by atoms with van der Waals surface area (Å²) in [4.78, 5) is -0.270. The third-order valence-corrected chi connectivity index (χ3v) is 6.27. The number of hydrogen-bond acceptors (Lipinski definition) is 6. The number of benzene rings is 2. The van der Waals surface area contributed by atoms with Crippen LogP contribution >= 0.6 is 0 Å². The highest BCUT2D eigenvalue weighted by Gasteiger charge is 2.22. The minimum Gasteiger partial charge on any atom is -0.490 e. The van der Waals surface area contributed by atoms with Crippen LogP contribution in [0.25, 0.3) is 11.3 Å². The number of aliphatic hydroxyl groups excluding tert-OH is 1. The Labute approximate surface area is 199 Å². The monoisotopic (exact) mass is 490 g/mol. The van der Waals surface area contributed by atoms with Gasteiger partial charge in [0.1, 0.15) is 24.3 Å². The zero-order valence-electron chi connectivity index (χ0n) is 19.7. The first-order valence-corrected chi connectivity index (χ1v) is 12.4. The summed E-state index contributed by atoms with van der Waals surface area (Å²) >= 11 is 0. The summed E-state index contributed by atoms with van der Waals surface area (Å²) in [6, 6.07) is 11.3. The maximum atomic E-state index is 14.4. The Balaban J connectivity index is 1.59. The highest BCUT2D eigenvalue weighted by molar-refractivity contribution is 7.89. The Morgan fingerprint density at radius 3 is 2.59 bits per heavy atom. The molecule has 0 aliphatic heterocycles. The van der Waals surface area contributed by atoms with Gasteiger partial charge in [0.05, 0.1) is 10.6 Å². The summed E-state index contributed by atoms with van der Waals surface area (Å²) in [6.07, 6.45) is 1.32. The minimum absolute atomic E-state index is 0.0593. The molecule has 1 aromatic heterocycles. The average molecular weight is 491 g/mol. The standard InChI is InChI=1S/C24H31FN4O4S/c1-16-5-8-20(22-9-10-29(4)28-22)23(11-16)33-15-18(30)14-27-24(2,3)13-17-6-7-19(12-21(17)25)34(26,31)32/h5-12,18,27,30H,13-15H2,1-4H3,(H2,26,31,32)/t18-/m0/s1. The van der Waals surface area contributed by atoms with Gasteiger partial charge in [0.25, 0.3) is 0 Å². The lowest BCUT2D eigenvalue weighted by Crippen LogP contribution is -2.46. The molecule has 10 heteroatoms. The Bertz CT molecular complexity index is 1260. The van der Waals surface area contributed by atoms with Crippen LogP contribution in [0.3, 0.4) is 0 Å². The number of sulfonamides is 1. The largest absolute Gasteiger partial charge is 0.490 e. The molecule has 3 aromatic rings. The van der Waals surface area contributed by atoms with E-state index >= 15 is 0 Å². The van der Waals surface area contributed by atoms with Crippen LogP contribution in [0.1, 0.15) is 25.0 Å². The van der Waals surface area contributed by atoms with Crippen LogP contribution in [0.4, 0.5) is 4.39 Å². The first-order chi connectivity index (χ1) is 15.8. The smallest absolute Gasteiger partial charge is 0.238 e. The van der Waals surface area contributed by atoms with Crippen molar-refractivity contribution in [1.82, 2.24) is 15.1 Å². The van der Waals surface area contributed by atoms with Gasteiger partial charge >= 0.3 is 0 Å². The fourth-order valence-electron chi connectivity index (χ4n) is 3.55. The molecular formula is C24H31FN4O4S. The van der Waals surface area contributed by atoms with Crippen molar-refractivity contribution in [3.8, 4) is 17.0 Å². The number of aromatic nitrogens is 2. The lowest BCUT2D eigenvalue weighted by Gasteiger charge is -2.28. The molecule has 8 nitrogen and oxygen atoms in total. The number of primary sulfonamides is 1. The van der Waals surface area contributed by atoms with E-state index in [0.717, 1.165) is 22.9 Å². The molecule has 1 atom stereocenters. The average Bonchev–Trinajstić information content (AvgIpc) is 3.17. The van der Waals surface area contributed by atoms with Gasteiger partial charge in [-0.15, -0.1) is 0 Å². The number of rotatable bonds is 10. The molecule has 0 saturated carbocycles. The SMILES string of the molecule is Cc1ccc(-c2ccn(C)n2)c(OC[C@@H](O)CNC(C)(C)Cc2ccc(S(N)(=O)=O)cc2F)c1. The molecule has 0 aliphatic carbocycles. The fraction of sp³-hybridized carbons (Fsp3) is 0.375. The number of hydrogen-bond donors (Lipinski definition) is 3. The molecule has 0 spiro atoms. The zero-order valence-corrected chi connectivity index (χ0v) is 20.6. The third-order valence-electron chi connectivity index (χ3n) is 5.36. The van der Waals surface area contributed by atoms with E-state index in [1.165, 1.54) is 12.1 Å². The Hall–Kier alpha value is -2.79. The first-order valence-electron chi connectivity index (χ1n) is 10.8. The topological polar surface area (TPSA) is 119 Å². The van der Waals surface area contributed by atoms with E-state index in [1.54, 1.807) is 4.68 Å². The summed E-state index contributed by atoms with van der Waals surface area (Å²) < 4.78 is 44.8. The highest BCUT2D eigenvalue weighted by Crippen LogP contribution is 2.30. The van der Waals surface area contributed by atoms with E-state index in [1.807, 2.05) is 58.3 Å². The number of aliphatic hydroxyl groups is 1. The molecule has 0 amide bonds. The van der Waals surface area contributed by atoms with Gasteiger partial charge in [0.2, 0.25) is 10.0 Å². The van der Waals surface area contributed by atoms with E-state index in [2.05, 4.69) is 10.4 Å². The first kappa shape index (κ1) is 25.8. The molecule has 3 rings (SSSR count). The van der Waals surface area contributed by atoms with Gasteiger partial charge in [-0.3, -0.25) is 4.68 Å². The number of ether oxygens (including phenoxy) is 1. The van der Waals surface area contributed by atoms with E-state index in [0.29, 0.717) is 11.3 Å². The molecule has 0 saturated heterocycles. The molecule has 4 N–H and O–H groups in total. The van der Waals surface area contributed by atoms with E-state index < -0.39 is 27.5 Å². The summed E-state index contributed by atoms with van der Waals surface area (Å²) in [7, 11) is -2.12. The number of aryl methyl sites for hydroxylation is 2.